The van der Waals surface area contributed by atoms with Crippen molar-refractivity contribution in [2.45, 2.75) is 6.92 Å². The first-order valence-electron chi connectivity index (χ1n) is 9.09. The number of carbonyl (C=O) groups is 1. The summed E-state index contributed by atoms with van der Waals surface area (Å²) in [5.74, 6) is -0.983. The van der Waals surface area contributed by atoms with Crippen LogP contribution >= 0.6 is 0 Å². The van der Waals surface area contributed by atoms with E-state index in [0.717, 1.165) is 16.3 Å². The molecule has 4 rings (SSSR count). The van der Waals surface area contributed by atoms with E-state index in [1.807, 2.05) is 19.1 Å². The van der Waals surface area contributed by atoms with Crippen LogP contribution in [0.4, 0.5) is 5.82 Å². The Morgan fingerprint density at radius 2 is 2.00 bits per heavy atom. The molecule has 4 aromatic rings. The number of rotatable bonds is 4. The van der Waals surface area contributed by atoms with E-state index in [2.05, 4.69) is 20.5 Å². The zero-order valence-electron chi connectivity index (χ0n) is 16.2. The SMILES string of the molecule is Cc1cccc(-n2nc(C(=O)Nc3c(C#N)cnn3-c3ccccn3)c(O)cc2=O)c1. The first kappa shape index (κ1) is 19.5. The summed E-state index contributed by atoms with van der Waals surface area (Å²) in [5.41, 5.74) is 0.429. The van der Waals surface area contributed by atoms with Crippen molar-refractivity contribution < 1.29 is 9.90 Å². The van der Waals surface area contributed by atoms with E-state index in [9.17, 15) is 20.0 Å². The topological polar surface area (TPSA) is 139 Å². The Bertz CT molecular complexity index is 1380. The van der Waals surface area contributed by atoms with Crippen molar-refractivity contribution >= 4 is 11.7 Å². The third-order valence-electron chi connectivity index (χ3n) is 4.36. The standard InChI is InChI=1S/C21H15N7O3/c1-13-5-4-6-15(9-13)27-18(30)10-16(29)19(26-27)21(31)25-20-14(11-22)12-24-28(20)17-7-2-3-8-23-17/h2-10,12,29H,1H3,(H,25,31). The van der Waals surface area contributed by atoms with E-state index in [-0.39, 0.29) is 11.4 Å². The smallest absolute Gasteiger partial charge is 0.281 e. The molecule has 0 bridgehead atoms. The molecule has 31 heavy (non-hydrogen) atoms. The largest absolute Gasteiger partial charge is 0.505 e. The Labute approximate surface area is 175 Å². The Hall–Kier alpha value is -4.78. The minimum Gasteiger partial charge on any atom is -0.505 e. The summed E-state index contributed by atoms with van der Waals surface area (Å²) in [6.45, 7) is 1.85. The minimum atomic E-state index is -0.826. The molecule has 0 spiro atoms. The second-order valence-corrected chi connectivity index (χ2v) is 6.54. The van der Waals surface area contributed by atoms with Gasteiger partial charge in [0.2, 0.25) is 0 Å². The van der Waals surface area contributed by atoms with Crippen LogP contribution in [0.1, 0.15) is 21.6 Å². The van der Waals surface area contributed by atoms with Crippen LogP contribution in [0.2, 0.25) is 0 Å². The Kier molecular flexibility index (Phi) is 4.99. The third kappa shape index (κ3) is 3.75. The van der Waals surface area contributed by atoms with E-state index in [1.165, 1.54) is 10.9 Å². The van der Waals surface area contributed by atoms with Gasteiger partial charge in [0.15, 0.2) is 23.1 Å². The average Bonchev–Trinajstić information content (AvgIpc) is 3.16. The average molecular weight is 413 g/mol. The lowest BCUT2D eigenvalue weighted by Crippen LogP contribution is -2.26. The van der Waals surface area contributed by atoms with Gasteiger partial charge in [-0.25, -0.2) is 4.98 Å². The van der Waals surface area contributed by atoms with Crippen LogP contribution in [0, 0.1) is 18.3 Å². The van der Waals surface area contributed by atoms with Gasteiger partial charge in [-0.05, 0) is 36.8 Å². The molecule has 0 unspecified atom stereocenters. The minimum absolute atomic E-state index is 0.0562. The molecule has 0 saturated carbocycles. The Morgan fingerprint density at radius 3 is 2.71 bits per heavy atom. The lowest BCUT2D eigenvalue weighted by Gasteiger charge is -2.11. The first-order valence-corrected chi connectivity index (χ1v) is 9.09. The van der Waals surface area contributed by atoms with Gasteiger partial charge in [0, 0.05) is 12.3 Å². The van der Waals surface area contributed by atoms with Crippen LogP contribution in [0.3, 0.4) is 0 Å². The molecule has 1 aromatic carbocycles. The highest BCUT2D eigenvalue weighted by Crippen LogP contribution is 2.21. The second-order valence-electron chi connectivity index (χ2n) is 6.54. The molecule has 0 fully saturated rings. The molecule has 0 aliphatic heterocycles. The number of aromatic hydroxyl groups is 1. The third-order valence-corrected chi connectivity index (χ3v) is 4.36. The number of nitrogens with one attached hydrogen (secondary N) is 1. The van der Waals surface area contributed by atoms with E-state index in [4.69, 9.17) is 0 Å². The zero-order valence-corrected chi connectivity index (χ0v) is 16.2. The van der Waals surface area contributed by atoms with Crippen molar-refractivity contribution in [2.75, 3.05) is 5.32 Å². The number of hydrogen-bond acceptors (Lipinski definition) is 7. The van der Waals surface area contributed by atoms with Crippen molar-refractivity contribution in [3.63, 3.8) is 0 Å². The first-order chi connectivity index (χ1) is 15.0. The number of aryl methyl sites for hydroxylation is 1. The Morgan fingerprint density at radius 1 is 1.16 bits per heavy atom. The molecular weight excluding hydrogens is 398 g/mol. The van der Waals surface area contributed by atoms with Crippen LogP contribution in [0.5, 0.6) is 5.75 Å². The van der Waals surface area contributed by atoms with E-state index < -0.39 is 22.9 Å². The van der Waals surface area contributed by atoms with Crippen molar-refractivity contribution in [2.24, 2.45) is 0 Å². The molecule has 1 amide bonds. The summed E-state index contributed by atoms with van der Waals surface area (Å²) in [5, 5.41) is 30.2. The molecular formula is C21H15N7O3. The fourth-order valence-electron chi connectivity index (χ4n) is 2.92. The van der Waals surface area contributed by atoms with Gasteiger partial charge in [-0.15, -0.1) is 0 Å². The monoisotopic (exact) mass is 413 g/mol. The maximum absolute atomic E-state index is 12.9. The van der Waals surface area contributed by atoms with Crippen molar-refractivity contribution in [3.8, 4) is 23.3 Å². The van der Waals surface area contributed by atoms with Crippen LogP contribution in [0.25, 0.3) is 11.5 Å². The van der Waals surface area contributed by atoms with Gasteiger partial charge in [0.05, 0.1) is 11.9 Å². The number of nitrogens with zero attached hydrogens (tertiary/aromatic N) is 6. The molecule has 0 aliphatic rings. The van der Waals surface area contributed by atoms with Gasteiger partial charge in [0.1, 0.15) is 11.6 Å². The maximum atomic E-state index is 12.9. The van der Waals surface area contributed by atoms with Gasteiger partial charge in [-0.1, -0.05) is 18.2 Å². The normalized spacial score (nSPS) is 10.5. The number of aromatic nitrogens is 5. The summed E-state index contributed by atoms with van der Waals surface area (Å²) in [6.07, 6.45) is 2.82. The fourth-order valence-corrected chi connectivity index (χ4v) is 2.92. The lowest BCUT2D eigenvalue weighted by atomic mass is 10.2. The van der Waals surface area contributed by atoms with Crippen molar-refractivity contribution in [1.82, 2.24) is 24.5 Å². The molecule has 3 aromatic heterocycles. The highest BCUT2D eigenvalue weighted by Gasteiger charge is 2.21. The number of amides is 1. The van der Waals surface area contributed by atoms with Gasteiger partial charge in [0.25, 0.3) is 11.5 Å². The van der Waals surface area contributed by atoms with E-state index in [1.54, 1.807) is 42.6 Å². The predicted octanol–water partition coefficient (Wildman–Crippen LogP) is 1.95. The fraction of sp³-hybridized carbons (Fsp3) is 0.0476. The van der Waals surface area contributed by atoms with Gasteiger partial charge >= 0.3 is 0 Å². The highest BCUT2D eigenvalue weighted by atomic mass is 16.3. The maximum Gasteiger partial charge on any atom is 0.281 e. The van der Waals surface area contributed by atoms with E-state index >= 15 is 0 Å². The van der Waals surface area contributed by atoms with Crippen molar-refractivity contribution in [3.05, 3.63) is 88.1 Å². The van der Waals surface area contributed by atoms with E-state index in [0.29, 0.717) is 11.5 Å². The summed E-state index contributed by atoms with van der Waals surface area (Å²) >= 11 is 0. The molecule has 3 heterocycles. The van der Waals surface area contributed by atoms with Gasteiger partial charge in [-0.3, -0.25) is 9.59 Å². The number of benzene rings is 1. The van der Waals surface area contributed by atoms with Crippen LogP contribution in [0.15, 0.2) is 65.7 Å². The summed E-state index contributed by atoms with van der Waals surface area (Å²) in [4.78, 5) is 29.4. The summed E-state index contributed by atoms with van der Waals surface area (Å²) < 4.78 is 2.30. The molecule has 2 N–H and O–H groups in total. The molecule has 152 valence electrons. The molecule has 0 saturated heterocycles. The number of hydrogen-bond donors (Lipinski definition) is 2. The number of nitriles is 1. The zero-order chi connectivity index (χ0) is 22.0. The quantitative estimate of drug-likeness (QED) is 0.521. The Balaban J connectivity index is 1.75. The van der Waals surface area contributed by atoms with Crippen LogP contribution in [-0.2, 0) is 0 Å². The lowest BCUT2D eigenvalue weighted by molar-refractivity contribution is 0.101. The summed E-state index contributed by atoms with van der Waals surface area (Å²) in [7, 11) is 0. The number of carbonyl (C=O) groups excluding carboxylic acids is 1. The number of pyridine rings is 1. The molecule has 10 nitrogen and oxygen atoms in total. The molecule has 10 heteroatoms. The van der Waals surface area contributed by atoms with Crippen LogP contribution < -0.4 is 10.9 Å². The van der Waals surface area contributed by atoms with Gasteiger partial charge < -0.3 is 10.4 Å². The van der Waals surface area contributed by atoms with Crippen LogP contribution in [-0.4, -0.2) is 35.6 Å². The molecule has 0 radical (unpaired) electrons. The number of anilines is 1. The molecule has 0 atom stereocenters. The van der Waals surface area contributed by atoms with Crippen molar-refractivity contribution in [1.29, 1.82) is 5.26 Å². The van der Waals surface area contributed by atoms with Gasteiger partial charge in [-0.2, -0.15) is 24.8 Å². The molecule has 0 aliphatic carbocycles. The highest BCUT2D eigenvalue weighted by molar-refractivity contribution is 6.04. The second kappa shape index (κ2) is 7.92. The summed E-state index contributed by atoms with van der Waals surface area (Å²) in [6, 6.07) is 14.9. The predicted molar refractivity (Wildman–Crippen MR) is 110 cm³/mol.